The Hall–Kier alpha value is -0.940. The van der Waals surface area contributed by atoms with E-state index in [4.69, 9.17) is 16.3 Å². The molecule has 1 aliphatic heterocycles. The molecule has 112 valence electrons. The molecule has 0 aromatic heterocycles. The van der Waals surface area contributed by atoms with Crippen LogP contribution in [-0.4, -0.2) is 25.9 Å². The van der Waals surface area contributed by atoms with Crippen LogP contribution in [0.2, 0.25) is 5.02 Å². The van der Waals surface area contributed by atoms with Gasteiger partial charge in [-0.3, -0.25) is 0 Å². The van der Waals surface area contributed by atoms with E-state index in [1.165, 1.54) is 0 Å². The zero-order valence-electron chi connectivity index (χ0n) is 11.2. The van der Waals surface area contributed by atoms with Crippen LogP contribution in [0.5, 0.6) is 5.75 Å². The summed E-state index contributed by atoms with van der Waals surface area (Å²) in [6.07, 6.45) is -3.59. The van der Waals surface area contributed by atoms with E-state index in [0.717, 1.165) is 23.3 Å². The highest BCUT2D eigenvalue weighted by atomic mass is 35.5. The summed E-state index contributed by atoms with van der Waals surface area (Å²) in [5.41, 5.74) is 1.92. The molecule has 2 rings (SSSR count). The number of rotatable bonds is 5. The monoisotopic (exact) mass is 307 g/mol. The molecule has 1 atom stereocenters. The second-order valence-corrected chi connectivity index (χ2v) is 5.43. The van der Waals surface area contributed by atoms with Crippen molar-refractivity contribution in [2.24, 2.45) is 0 Å². The fourth-order valence-electron chi connectivity index (χ4n) is 2.45. The highest BCUT2D eigenvalue weighted by molar-refractivity contribution is 6.30. The first-order chi connectivity index (χ1) is 9.39. The predicted molar refractivity (Wildman–Crippen MR) is 72.5 cm³/mol. The molecule has 0 amide bonds. The van der Waals surface area contributed by atoms with Crippen molar-refractivity contribution in [1.82, 2.24) is 5.32 Å². The summed E-state index contributed by atoms with van der Waals surface area (Å²) in [5.74, 6) is 0.793. The second-order valence-electron chi connectivity index (χ2n) is 5.00. The molecule has 0 saturated carbocycles. The standard InChI is InChI=1S/C14H17ClF3NO/c1-19-12(2-4-14(16,17)18)8-10-7-11(15)6-9-3-5-20-13(9)10/h6-7,12,19H,2-5,8H2,1H3. The third-order valence-electron chi connectivity index (χ3n) is 3.48. The van der Waals surface area contributed by atoms with Crippen molar-refractivity contribution in [2.75, 3.05) is 13.7 Å². The van der Waals surface area contributed by atoms with Gasteiger partial charge in [0.2, 0.25) is 0 Å². The summed E-state index contributed by atoms with van der Waals surface area (Å²) in [6.45, 7) is 0.607. The predicted octanol–water partition coefficient (Wildman–Crippen LogP) is 3.75. The molecule has 0 fully saturated rings. The number of hydrogen-bond acceptors (Lipinski definition) is 2. The van der Waals surface area contributed by atoms with Crippen LogP contribution in [0, 0.1) is 0 Å². The Kier molecular flexibility index (Phi) is 4.81. The maximum absolute atomic E-state index is 12.3. The molecule has 1 N–H and O–H groups in total. The minimum atomic E-state index is -4.12. The highest BCUT2D eigenvalue weighted by Crippen LogP contribution is 2.34. The zero-order chi connectivity index (χ0) is 14.8. The second kappa shape index (κ2) is 6.22. The van der Waals surface area contributed by atoms with Gasteiger partial charge in [0.25, 0.3) is 0 Å². The van der Waals surface area contributed by atoms with Crippen LogP contribution in [0.25, 0.3) is 0 Å². The zero-order valence-corrected chi connectivity index (χ0v) is 11.9. The van der Waals surface area contributed by atoms with Gasteiger partial charge >= 0.3 is 6.18 Å². The van der Waals surface area contributed by atoms with E-state index in [1.54, 1.807) is 13.1 Å². The molecule has 1 aliphatic rings. The first-order valence-electron chi connectivity index (χ1n) is 6.57. The van der Waals surface area contributed by atoms with E-state index in [1.807, 2.05) is 6.07 Å². The summed E-state index contributed by atoms with van der Waals surface area (Å²) in [7, 11) is 1.67. The number of nitrogens with one attached hydrogen (secondary N) is 1. The van der Waals surface area contributed by atoms with Gasteiger partial charge < -0.3 is 10.1 Å². The molecule has 0 spiro atoms. The lowest BCUT2D eigenvalue weighted by Crippen LogP contribution is -2.29. The van der Waals surface area contributed by atoms with Crippen LogP contribution < -0.4 is 10.1 Å². The lowest BCUT2D eigenvalue weighted by atomic mass is 9.99. The first-order valence-corrected chi connectivity index (χ1v) is 6.95. The Labute approximate surface area is 121 Å². The molecule has 1 heterocycles. The van der Waals surface area contributed by atoms with E-state index in [9.17, 15) is 13.2 Å². The summed E-state index contributed by atoms with van der Waals surface area (Å²) >= 11 is 6.05. The molecule has 20 heavy (non-hydrogen) atoms. The fraction of sp³-hybridized carbons (Fsp3) is 0.571. The van der Waals surface area contributed by atoms with Gasteiger partial charge in [0.1, 0.15) is 5.75 Å². The van der Waals surface area contributed by atoms with Crippen LogP contribution in [0.4, 0.5) is 13.2 Å². The van der Waals surface area contributed by atoms with Crippen molar-refractivity contribution >= 4 is 11.6 Å². The SMILES string of the molecule is CNC(CCC(F)(F)F)Cc1cc(Cl)cc2c1OCC2. The van der Waals surface area contributed by atoms with Crippen molar-refractivity contribution in [3.8, 4) is 5.75 Å². The molecular formula is C14H17ClF3NO. The van der Waals surface area contributed by atoms with Crippen LogP contribution in [-0.2, 0) is 12.8 Å². The molecule has 0 bridgehead atoms. The van der Waals surface area contributed by atoms with Crippen molar-refractivity contribution in [3.05, 3.63) is 28.3 Å². The summed E-state index contributed by atoms with van der Waals surface area (Å²) in [6, 6.07) is 3.39. The number of alkyl halides is 3. The molecule has 1 unspecified atom stereocenters. The molecule has 0 saturated heterocycles. The number of fused-ring (bicyclic) bond motifs is 1. The van der Waals surface area contributed by atoms with Gasteiger partial charge in [-0.1, -0.05) is 11.6 Å². The molecular weight excluding hydrogens is 291 g/mol. The van der Waals surface area contributed by atoms with E-state index in [0.29, 0.717) is 18.1 Å². The highest BCUT2D eigenvalue weighted by Gasteiger charge is 2.28. The van der Waals surface area contributed by atoms with Crippen molar-refractivity contribution in [3.63, 3.8) is 0 Å². The van der Waals surface area contributed by atoms with Crippen LogP contribution in [0.3, 0.4) is 0 Å². The van der Waals surface area contributed by atoms with Crippen LogP contribution in [0.15, 0.2) is 12.1 Å². The lowest BCUT2D eigenvalue weighted by molar-refractivity contribution is -0.136. The third-order valence-corrected chi connectivity index (χ3v) is 3.69. The Balaban J connectivity index is 2.08. The average molecular weight is 308 g/mol. The lowest BCUT2D eigenvalue weighted by Gasteiger charge is -2.19. The fourth-order valence-corrected chi connectivity index (χ4v) is 2.71. The Morgan fingerprint density at radius 1 is 1.40 bits per heavy atom. The first kappa shape index (κ1) is 15.4. The molecule has 0 radical (unpaired) electrons. The summed E-state index contributed by atoms with van der Waals surface area (Å²) in [4.78, 5) is 0. The minimum Gasteiger partial charge on any atom is -0.493 e. The number of ether oxygens (including phenoxy) is 1. The number of likely N-dealkylation sites (N-methyl/N-ethyl adjacent to an activating group) is 1. The van der Waals surface area contributed by atoms with Crippen LogP contribution in [0.1, 0.15) is 24.0 Å². The van der Waals surface area contributed by atoms with Gasteiger partial charge in [-0.15, -0.1) is 0 Å². The number of halogens is 4. The average Bonchev–Trinajstić information content (AvgIpc) is 2.81. The van der Waals surface area contributed by atoms with Gasteiger partial charge in [-0.25, -0.2) is 0 Å². The topological polar surface area (TPSA) is 21.3 Å². The van der Waals surface area contributed by atoms with E-state index < -0.39 is 12.6 Å². The Morgan fingerprint density at radius 3 is 2.80 bits per heavy atom. The maximum Gasteiger partial charge on any atom is 0.389 e. The van der Waals surface area contributed by atoms with Gasteiger partial charge in [0, 0.05) is 23.9 Å². The minimum absolute atomic E-state index is 0.0429. The number of benzene rings is 1. The normalized spacial score (nSPS) is 15.8. The smallest absolute Gasteiger partial charge is 0.389 e. The maximum atomic E-state index is 12.3. The van der Waals surface area contributed by atoms with E-state index in [2.05, 4.69) is 5.32 Å². The molecule has 1 aromatic rings. The summed E-state index contributed by atoms with van der Waals surface area (Å²) in [5, 5.41) is 3.54. The van der Waals surface area contributed by atoms with Gasteiger partial charge in [-0.05, 0) is 43.1 Å². The van der Waals surface area contributed by atoms with Crippen molar-refractivity contribution in [1.29, 1.82) is 0 Å². The number of hydrogen-bond donors (Lipinski definition) is 1. The van der Waals surface area contributed by atoms with E-state index >= 15 is 0 Å². The van der Waals surface area contributed by atoms with Gasteiger partial charge in [-0.2, -0.15) is 13.2 Å². The van der Waals surface area contributed by atoms with Gasteiger partial charge in [0.05, 0.1) is 6.61 Å². The van der Waals surface area contributed by atoms with Crippen LogP contribution >= 0.6 is 11.6 Å². The summed E-state index contributed by atoms with van der Waals surface area (Å²) < 4.78 is 42.5. The quantitative estimate of drug-likeness (QED) is 0.894. The third kappa shape index (κ3) is 4.03. The van der Waals surface area contributed by atoms with Crippen molar-refractivity contribution in [2.45, 2.75) is 37.9 Å². The molecule has 1 aromatic carbocycles. The Morgan fingerprint density at radius 2 is 2.15 bits per heavy atom. The Bertz CT molecular complexity index is 476. The van der Waals surface area contributed by atoms with Gasteiger partial charge in [0.15, 0.2) is 0 Å². The van der Waals surface area contributed by atoms with E-state index in [-0.39, 0.29) is 12.5 Å². The largest absolute Gasteiger partial charge is 0.493 e. The molecule has 0 aliphatic carbocycles. The molecule has 2 nitrogen and oxygen atoms in total. The molecule has 6 heteroatoms. The van der Waals surface area contributed by atoms with Crippen molar-refractivity contribution < 1.29 is 17.9 Å².